The molecule has 1 aliphatic rings. The van der Waals surface area contributed by atoms with E-state index in [-0.39, 0.29) is 18.4 Å². The van der Waals surface area contributed by atoms with E-state index in [9.17, 15) is 4.79 Å². The topological polar surface area (TPSA) is 71.2 Å². The molecule has 17 heavy (non-hydrogen) atoms. The summed E-state index contributed by atoms with van der Waals surface area (Å²) < 4.78 is 1.66. The van der Waals surface area contributed by atoms with Crippen molar-refractivity contribution in [3.8, 4) is 0 Å². The number of carbonyl (C=O) groups excluding carboxylic acids is 1. The lowest BCUT2D eigenvalue weighted by Gasteiger charge is -2.31. The quantitative estimate of drug-likeness (QED) is 0.795. The fourth-order valence-corrected chi connectivity index (χ4v) is 2.16. The number of nitrogens with zero attached hydrogens (tertiary/aromatic N) is 4. The first-order chi connectivity index (χ1) is 8.29. The highest BCUT2D eigenvalue weighted by Crippen LogP contribution is 2.16. The van der Waals surface area contributed by atoms with Gasteiger partial charge in [0.05, 0.1) is 12.7 Å². The summed E-state index contributed by atoms with van der Waals surface area (Å²) in [5.41, 5.74) is 0. The average molecular weight is 238 g/mol. The van der Waals surface area contributed by atoms with Gasteiger partial charge in [-0.05, 0) is 18.8 Å². The van der Waals surface area contributed by atoms with Gasteiger partial charge >= 0.3 is 0 Å². The van der Waals surface area contributed by atoms with E-state index in [0.717, 1.165) is 19.4 Å². The number of amides is 1. The Kier molecular flexibility index (Phi) is 4.08. The molecule has 2 rings (SSSR count). The van der Waals surface area contributed by atoms with Crippen molar-refractivity contribution in [3.63, 3.8) is 0 Å². The lowest BCUT2D eigenvalue weighted by Crippen LogP contribution is -2.41. The number of rotatable bonds is 4. The Labute approximate surface area is 100 Å². The van der Waals surface area contributed by atoms with E-state index < -0.39 is 0 Å². The Hall–Kier alpha value is -1.43. The third-order valence-corrected chi connectivity index (χ3v) is 3.16. The van der Waals surface area contributed by atoms with Crippen LogP contribution >= 0.6 is 0 Å². The predicted octanol–water partition coefficient (Wildman–Crippen LogP) is -0.101. The van der Waals surface area contributed by atoms with Gasteiger partial charge in [0.15, 0.2) is 0 Å². The van der Waals surface area contributed by atoms with Crippen LogP contribution in [0.25, 0.3) is 0 Å². The first-order valence-corrected chi connectivity index (χ1v) is 6.02. The van der Waals surface area contributed by atoms with Crippen molar-refractivity contribution in [2.24, 2.45) is 5.92 Å². The van der Waals surface area contributed by atoms with Gasteiger partial charge in [-0.2, -0.15) is 0 Å². The summed E-state index contributed by atoms with van der Waals surface area (Å²) in [6.45, 7) is 2.24. The maximum atomic E-state index is 11.9. The lowest BCUT2D eigenvalue weighted by molar-refractivity contribution is -0.133. The summed E-state index contributed by atoms with van der Waals surface area (Å²) in [7, 11) is 0. The average Bonchev–Trinajstić information content (AvgIpc) is 2.89. The Morgan fingerprint density at radius 1 is 1.53 bits per heavy atom. The molecular weight excluding hydrogens is 220 g/mol. The smallest absolute Gasteiger partial charge is 0.224 e. The van der Waals surface area contributed by atoms with Crippen molar-refractivity contribution < 1.29 is 9.90 Å². The van der Waals surface area contributed by atoms with Gasteiger partial charge in [-0.15, -0.1) is 5.10 Å². The largest absolute Gasteiger partial charge is 0.396 e. The number of aryl methyl sites for hydroxylation is 1. The van der Waals surface area contributed by atoms with Crippen molar-refractivity contribution in [1.29, 1.82) is 0 Å². The van der Waals surface area contributed by atoms with Crippen molar-refractivity contribution in [1.82, 2.24) is 19.9 Å². The molecule has 6 nitrogen and oxygen atoms in total. The van der Waals surface area contributed by atoms with Gasteiger partial charge in [-0.3, -0.25) is 9.48 Å². The van der Waals surface area contributed by atoms with E-state index in [1.807, 2.05) is 4.90 Å². The van der Waals surface area contributed by atoms with Gasteiger partial charge in [-0.25, -0.2) is 0 Å². The second kappa shape index (κ2) is 5.77. The molecule has 0 spiro atoms. The molecule has 6 heteroatoms. The second-order valence-electron chi connectivity index (χ2n) is 4.45. The van der Waals surface area contributed by atoms with Crippen LogP contribution in [0.5, 0.6) is 0 Å². The first kappa shape index (κ1) is 12.0. The molecule has 2 heterocycles. The van der Waals surface area contributed by atoms with Crippen LogP contribution in [0.2, 0.25) is 0 Å². The maximum Gasteiger partial charge on any atom is 0.224 e. The molecule has 1 N–H and O–H groups in total. The molecule has 1 aromatic heterocycles. The van der Waals surface area contributed by atoms with Crippen molar-refractivity contribution in [3.05, 3.63) is 12.4 Å². The van der Waals surface area contributed by atoms with Crippen LogP contribution in [0.15, 0.2) is 12.4 Å². The molecule has 1 saturated heterocycles. The van der Waals surface area contributed by atoms with E-state index in [0.29, 0.717) is 19.5 Å². The van der Waals surface area contributed by atoms with Crippen molar-refractivity contribution in [2.75, 3.05) is 19.7 Å². The summed E-state index contributed by atoms with van der Waals surface area (Å²) in [6, 6.07) is 0. The minimum atomic E-state index is 0.138. The first-order valence-electron chi connectivity index (χ1n) is 6.02. The molecule has 1 aliphatic heterocycles. The number of likely N-dealkylation sites (tertiary alicyclic amines) is 1. The third-order valence-electron chi connectivity index (χ3n) is 3.16. The minimum Gasteiger partial charge on any atom is -0.396 e. The summed E-state index contributed by atoms with van der Waals surface area (Å²) in [5.74, 6) is 0.387. The molecule has 0 saturated carbocycles. The molecule has 1 aromatic rings. The number of aliphatic hydroxyl groups excluding tert-OH is 1. The van der Waals surface area contributed by atoms with Gasteiger partial charge in [-0.1, -0.05) is 5.21 Å². The van der Waals surface area contributed by atoms with E-state index >= 15 is 0 Å². The standard InChI is InChI=1S/C11H18N4O2/c16-9-10-2-1-5-14(8-10)11(17)3-6-15-7-4-12-13-15/h4,7,10,16H,1-3,5-6,8-9H2. The normalized spacial score (nSPS) is 20.5. The molecule has 1 fully saturated rings. The van der Waals surface area contributed by atoms with Crippen LogP contribution in [-0.4, -0.2) is 50.6 Å². The van der Waals surface area contributed by atoms with Crippen molar-refractivity contribution in [2.45, 2.75) is 25.8 Å². The van der Waals surface area contributed by atoms with Gasteiger partial charge < -0.3 is 10.0 Å². The van der Waals surface area contributed by atoms with E-state index in [1.165, 1.54) is 0 Å². The van der Waals surface area contributed by atoms with E-state index in [4.69, 9.17) is 5.11 Å². The highest BCUT2D eigenvalue weighted by molar-refractivity contribution is 5.76. The van der Waals surface area contributed by atoms with E-state index in [1.54, 1.807) is 17.1 Å². The molecule has 1 atom stereocenters. The second-order valence-corrected chi connectivity index (χ2v) is 4.45. The van der Waals surface area contributed by atoms with Crippen LogP contribution < -0.4 is 0 Å². The molecule has 94 valence electrons. The maximum absolute atomic E-state index is 11.9. The highest BCUT2D eigenvalue weighted by atomic mass is 16.3. The van der Waals surface area contributed by atoms with Gasteiger partial charge in [0.2, 0.25) is 5.91 Å². The summed E-state index contributed by atoms with van der Waals surface area (Å²) >= 11 is 0. The Balaban J connectivity index is 1.79. The number of aromatic nitrogens is 3. The summed E-state index contributed by atoms with van der Waals surface area (Å²) in [5, 5.41) is 16.6. The molecule has 0 radical (unpaired) electrons. The Bertz CT molecular complexity index is 352. The summed E-state index contributed by atoms with van der Waals surface area (Å²) in [6.07, 6.45) is 5.80. The molecular formula is C11H18N4O2. The van der Waals surface area contributed by atoms with Gasteiger partial charge in [0, 0.05) is 32.3 Å². The van der Waals surface area contributed by atoms with Crippen LogP contribution in [0.4, 0.5) is 0 Å². The Morgan fingerprint density at radius 3 is 3.12 bits per heavy atom. The fraction of sp³-hybridized carbons (Fsp3) is 0.727. The van der Waals surface area contributed by atoms with Gasteiger partial charge in [0.1, 0.15) is 0 Å². The van der Waals surface area contributed by atoms with Crippen LogP contribution in [0.1, 0.15) is 19.3 Å². The Morgan fingerprint density at radius 2 is 2.41 bits per heavy atom. The minimum absolute atomic E-state index is 0.138. The number of hydrogen-bond acceptors (Lipinski definition) is 4. The molecule has 1 amide bonds. The molecule has 1 unspecified atom stereocenters. The molecule has 0 bridgehead atoms. The van der Waals surface area contributed by atoms with E-state index in [2.05, 4.69) is 10.3 Å². The zero-order valence-electron chi connectivity index (χ0n) is 9.83. The summed E-state index contributed by atoms with van der Waals surface area (Å²) in [4.78, 5) is 13.8. The van der Waals surface area contributed by atoms with Gasteiger partial charge in [0.25, 0.3) is 0 Å². The third kappa shape index (κ3) is 3.26. The number of hydrogen-bond donors (Lipinski definition) is 1. The SMILES string of the molecule is O=C(CCn1ccnn1)N1CCCC(CO)C1. The van der Waals surface area contributed by atoms with Crippen LogP contribution in [0.3, 0.4) is 0 Å². The van der Waals surface area contributed by atoms with Crippen molar-refractivity contribution >= 4 is 5.91 Å². The fourth-order valence-electron chi connectivity index (χ4n) is 2.16. The zero-order valence-corrected chi connectivity index (χ0v) is 9.83. The number of carbonyl (C=O) groups is 1. The van der Waals surface area contributed by atoms with Crippen LogP contribution in [0, 0.1) is 5.92 Å². The highest BCUT2D eigenvalue weighted by Gasteiger charge is 2.22. The zero-order chi connectivity index (χ0) is 12.1. The lowest BCUT2D eigenvalue weighted by atomic mass is 9.99. The monoisotopic (exact) mass is 238 g/mol. The molecule has 0 aliphatic carbocycles. The number of piperidine rings is 1. The van der Waals surface area contributed by atoms with Crippen LogP contribution in [-0.2, 0) is 11.3 Å². The number of aliphatic hydroxyl groups is 1. The predicted molar refractivity (Wildman–Crippen MR) is 61.0 cm³/mol. The molecule has 0 aromatic carbocycles.